The maximum absolute atomic E-state index is 15.2. The lowest BCUT2D eigenvalue weighted by atomic mass is 9.77. The van der Waals surface area contributed by atoms with Gasteiger partial charge in [0.15, 0.2) is 17.5 Å². The second kappa shape index (κ2) is 14.6. The average Bonchev–Trinajstić information content (AvgIpc) is 3.02. The number of halogens is 10. The molecule has 3 aromatic carbocycles. The Morgan fingerprint density at radius 1 is 0.694 bits per heavy atom. The lowest BCUT2D eigenvalue weighted by Crippen LogP contribution is -2.25. The summed E-state index contributed by atoms with van der Waals surface area (Å²) >= 11 is 0. The first kappa shape index (κ1) is 35.9. The molecule has 1 aliphatic carbocycles. The van der Waals surface area contributed by atoms with E-state index in [1.54, 1.807) is 12.4 Å². The smallest absolute Gasteiger partial charge is 0.429 e. The number of hydrogen-bond donors (Lipinski definition) is 0. The molecule has 1 aromatic heterocycles. The Kier molecular flexibility index (Phi) is 10.7. The first-order valence-electron chi connectivity index (χ1n) is 15.6. The van der Waals surface area contributed by atoms with Crippen LogP contribution in [0.2, 0.25) is 0 Å². The van der Waals surface area contributed by atoms with Crippen molar-refractivity contribution in [3.63, 3.8) is 0 Å². The molecule has 1 heterocycles. The predicted octanol–water partition coefficient (Wildman–Crippen LogP) is 11.4. The Hall–Kier alpha value is -4.36. The van der Waals surface area contributed by atoms with Gasteiger partial charge in [0, 0.05) is 35.7 Å². The van der Waals surface area contributed by atoms with E-state index in [4.69, 9.17) is 0 Å². The van der Waals surface area contributed by atoms with Gasteiger partial charge in [-0.1, -0.05) is 44.7 Å². The van der Waals surface area contributed by atoms with E-state index < -0.39 is 64.2 Å². The highest BCUT2D eigenvalue weighted by Gasteiger charge is 2.42. The molecule has 5 rings (SSSR count). The van der Waals surface area contributed by atoms with E-state index in [0.29, 0.717) is 18.1 Å². The summed E-state index contributed by atoms with van der Waals surface area (Å²) in [5, 5.41) is 0. The van der Waals surface area contributed by atoms with E-state index in [9.17, 15) is 39.5 Å². The van der Waals surface area contributed by atoms with E-state index in [2.05, 4.69) is 26.4 Å². The van der Waals surface area contributed by atoms with Gasteiger partial charge >= 0.3 is 12.5 Å². The highest BCUT2D eigenvalue weighted by Crippen LogP contribution is 2.41. The Morgan fingerprint density at radius 2 is 1.29 bits per heavy atom. The van der Waals surface area contributed by atoms with Crippen LogP contribution in [-0.4, -0.2) is 16.3 Å². The summed E-state index contributed by atoms with van der Waals surface area (Å²) in [5.74, 6) is -11.0. The van der Waals surface area contributed by atoms with Crippen molar-refractivity contribution in [3.05, 3.63) is 95.1 Å². The van der Waals surface area contributed by atoms with Crippen LogP contribution in [0.5, 0.6) is 11.5 Å². The first-order chi connectivity index (χ1) is 23.1. The van der Waals surface area contributed by atoms with Gasteiger partial charge < -0.3 is 9.47 Å². The quantitative estimate of drug-likeness (QED) is 0.115. The minimum absolute atomic E-state index is 0.0865. The standard InChI is InChI=1S/C35H30F10N2O2/c1-2-3-4-5-19-6-8-20(9-7-19)23-17-46-33(47-18-23)21-10-11-25(26(36)12-21)22-13-27(37)31(28(38)14-22)34(41,42)48-24-15-29(39)32(30(40)16-24)49-35(43,44)45/h10-20H,2-9H2,1H3. The molecule has 1 fully saturated rings. The van der Waals surface area contributed by atoms with Crippen LogP contribution < -0.4 is 9.47 Å². The molecule has 49 heavy (non-hydrogen) atoms. The predicted molar refractivity (Wildman–Crippen MR) is 159 cm³/mol. The molecular formula is C35H30F10N2O2. The molecule has 14 heteroatoms. The van der Waals surface area contributed by atoms with Gasteiger partial charge in [-0.2, -0.15) is 8.78 Å². The molecule has 0 radical (unpaired) electrons. The van der Waals surface area contributed by atoms with Gasteiger partial charge in [0.1, 0.15) is 28.8 Å². The molecular weight excluding hydrogens is 670 g/mol. The molecule has 0 bridgehead atoms. The molecule has 262 valence electrons. The largest absolute Gasteiger partial charge is 0.573 e. The lowest BCUT2D eigenvalue weighted by molar-refractivity contribution is -0.276. The zero-order chi connectivity index (χ0) is 35.5. The Balaban J connectivity index is 1.29. The SMILES string of the molecule is CCCCCC1CCC(c2cnc(-c3ccc(-c4cc(F)c(C(F)(F)Oc5cc(F)c(OC(F)(F)F)c(F)c5)c(F)c4)c(F)c3)nc2)CC1. The number of benzene rings is 3. The van der Waals surface area contributed by atoms with Crippen molar-refractivity contribution < 1.29 is 53.4 Å². The molecule has 4 nitrogen and oxygen atoms in total. The van der Waals surface area contributed by atoms with Crippen molar-refractivity contribution in [1.82, 2.24) is 9.97 Å². The van der Waals surface area contributed by atoms with Gasteiger partial charge in [0.05, 0.1) is 0 Å². The third-order valence-electron chi connectivity index (χ3n) is 8.51. The van der Waals surface area contributed by atoms with Crippen molar-refractivity contribution in [1.29, 1.82) is 0 Å². The van der Waals surface area contributed by atoms with Crippen LogP contribution in [-0.2, 0) is 6.11 Å². The molecule has 0 aliphatic heterocycles. The summed E-state index contributed by atoms with van der Waals surface area (Å²) in [4.78, 5) is 8.76. The molecule has 1 aliphatic rings. The lowest BCUT2D eigenvalue weighted by Gasteiger charge is -2.28. The number of alkyl halides is 5. The van der Waals surface area contributed by atoms with Crippen LogP contribution in [0, 0.1) is 35.0 Å². The van der Waals surface area contributed by atoms with Crippen molar-refractivity contribution >= 4 is 0 Å². The van der Waals surface area contributed by atoms with Crippen LogP contribution in [0.1, 0.15) is 75.3 Å². The molecule has 0 N–H and O–H groups in total. The maximum atomic E-state index is 15.2. The van der Waals surface area contributed by atoms with Crippen LogP contribution >= 0.6 is 0 Å². The van der Waals surface area contributed by atoms with Gasteiger partial charge in [0.2, 0.25) is 5.75 Å². The number of hydrogen-bond acceptors (Lipinski definition) is 4. The number of unbranched alkanes of at least 4 members (excludes halogenated alkanes) is 2. The van der Waals surface area contributed by atoms with Crippen molar-refractivity contribution in [3.8, 4) is 34.0 Å². The third-order valence-corrected chi connectivity index (χ3v) is 8.51. The number of rotatable bonds is 11. The van der Waals surface area contributed by atoms with Gasteiger partial charge in [0.25, 0.3) is 0 Å². The summed E-state index contributed by atoms with van der Waals surface area (Å²) in [6, 6.07) is 4.22. The van der Waals surface area contributed by atoms with Crippen LogP contribution in [0.3, 0.4) is 0 Å². The van der Waals surface area contributed by atoms with Crippen LogP contribution in [0.25, 0.3) is 22.5 Å². The Morgan fingerprint density at radius 3 is 1.84 bits per heavy atom. The Labute approximate surface area is 275 Å². The summed E-state index contributed by atoms with van der Waals surface area (Å²) < 4.78 is 147. The Bertz CT molecular complexity index is 1730. The summed E-state index contributed by atoms with van der Waals surface area (Å²) in [6.07, 6.45) is 2.29. The highest BCUT2D eigenvalue weighted by molar-refractivity contribution is 5.69. The van der Waals surface area contributed by atoms with Crippen molar-refractivity contribution in [2.45, 2.75) is 76.7 Å². The highest BCUT2D eigenvalue weighted by atomic mass is 19.4. The molecule has 0 saturated heterocycles. The van der Waals surface area contributed by atoms with Crippen LogP contribution in [0.15, 0.2) is 54.9 Å². The molecule has 4 aromatic rings. The second-order valence-corrected chi connectivity index (χ2v) is 11.9. The zero-order valence-corrected chi connectivity index (χ0v) is 26.0. The van der Waals surface area contributed by atoms with E-state index in [1.165, 1.54) is 37.8 Å². The monoisotopic (exact) mass is 700 g/mol. The topological polar surface area (TPSA) is 44.2 Å². The number of aromatic nitrogens is 2. The van der Waals surface area contributed by atoms with E-state index in [1.807, 2.05) is 0 Å². The van der Waals surface area contributed by atoms with Crippen molar-refractivity contribution in [2.75, 3.05) is 0 Å². The maximum Gasteiger partial charge on any atom is 0.573 e. The first-order valence-corrected chi connectivity index (χ1v) is 15.6. The number of nitrogens with zero attached hydrogens (tertiary/aromatic N) is 2. The average molecular weight is 701 g/mol. The van der Waals surface area contributed by atoms with Gasteiger partial charge in [-0.15, -0.1) is 13.2 Å². The molecule has 0 spiro atoms. The van der Waals surface area contributed by atoms with E-state index >= 15 is 4.39 Å². The van der Waals surface area contributed by atoms with Gasteiger partial charge in [-0.05, 0) is 66.8 Å². The van der Waals surface area contributed by atoms with Gasteiger partial charge in [-0.25, -0.2) is 31.9 Å². The molecule has 0 amide bonds. The summed E-state index contributed by atoms with van der Waals surface area (Å²) in [5.41, 5.74) is -1.57. The fourth-order valence-electron chi connectivity index (χ4n) is 6.07. The third kappa shape index (κ3) is 8.63. The van der Waals surface area contributed by atoms with E-state index in [0.717, 1.165) is 43.2 Å². The fraction of sp³-hybridized carbons (Fsp3) is 0.371. The minimum Gasteiger partial charge on any atom is -0.429 e. The van der Waals surface area contributed by atoms with Crippen molar-refractivity contribution in [2.24, 2.45) is 5.92 Å². The number of ether oxygens (including phenoxy) is 2. The van der Waals surface area contributed by atoms with Gasteiger partial charge in [-0.3, -0.25) is 0 Å². The minimum atomic E-state index is -5.51. The second-order valence-electron chi connectivity index (χ2n) is 11.9. The fourth-order valence-corrected chi connectivity index (χ4v) is 6.07. The summed E-state index contributed by atoms with van der Waals surface area (Å²) in [7, 11) is 0. The molecule has 0 atom stereocenters. The summed E-state index contributed by atoms with van der Waals surface area (Å²) in [6.45, 7) is 2.19. The zero-order valence-electron chi connectivity index (χ0n) is 26.0. The normalized spacial score (nSPS) is 16.9. The molecule has 0 unspecified atom stereocenters. The molecule has 1 saturated carbocycles. The van der Waals surface area contributed by atoms with Crippen LogP contribution in [0.4, 0.5) is 43.9 Å². The van der Waals surface area contributed by atoms with E-state index in [-0.39, 0.29) is 29.1 Å².